The molecule has 1 atom stereocenters. The molecule has 1 heterocycles. The molecule has 1 aromatic rings. The molecule has 0 bridgehead atoms. The maximum atomic E-state index is 12.2. The lowest BCUT2D eigenvalue weighted by Gasteiger charge is -2.16. The Morgan fingerprint density at radius 3 is 2.61 bits per heavy atom. The van der Waals surface area contributed by atoms with Crippen molar-refractivity contribution in [2.75, 3.05) is 5.32 Å². The zero-order valence-corrected chi connectivity index (χ0v) is 11.8. The van der Waals surface area contributed by atoms with E-state index in [1.165, 1.54) is 6.92 Å². The first-order valence-corrected chi connectivity index (χ1v) is 6.46. The van der Waals surface area contributed by atoms with Crippen LogP contribution in [0.5, 0.6) is 0 Å². The van der Waals surface area contributed by atoms with Gasteiger partial charge < -0.3 is 5.32 Å². The molecule has 0 aliphatic carbocycles. The summed E-state index contributed by atoms with van der Waals surface area (Å²) in [5.41, 5.74) is 0. The maximum absolute atomic E-state index is 12.2. The largest absolute Gasteiger partial charge is 0.391 e. The molecule has 0 aliphatic rings. The smallest absolute Gasteiger partial charge is 0.367 e. The van der Waals surface area contributed by atoms with Crippen LogP contribution in [0.2, 0.25) is 0 Å². The topological polar surface area (TPSA) is 37.8 Å². The number of rotatable bonds is 5. The number of hydrogen-bond donors (Lipinski definition) is 1. The molecule has 7 heteroatoms. The first-order chi connectivity index (χ1) is 8.30. The van der Waals surface area contributed by atoms with E-state index in [1.807, 2.05) is 6.92 Å². The Morgan fingerprint density at radius 1 is 1.39 bits per heavy atom. The van der Waals surface area contributed by atoms with Crippen LogP contribution in [0.15, 0.2) is 10.7 Å². The molecule has 0 saturated heterocycles. The van der Waals surface area contributed by atoms with E-state index >= 15 is 0 Å². The minimum atomic E-state index is -4.18. The molecule has 0 aromatic carbocycles. The van der Waals surface area contributed by atoms with Crippen molar-refractivity contribution in [3.63, 3.8) is 0 Å². The predicted molar refractivity (Wildman–Crippen MR) is 67.5 cm³/mol. The molecule has 1 unspecified atom stereocenters. The van der Waals surface area contributed by atoms with E-state index < -0.39 is 18.6 Å². The Bertz CT molecular complexity index is 396. The zero-order valence-electron chi connectivity index (χ0n) is 10.2. The van der Waals surface area contributed by atoms with E-state index in [1.54, 1.807) is 6.07 Å². The molecule has 1 N–H and O–H groups in total. The summed E-state index contributed by atoms with van der Waals surface area (Å²) in [5, 5.41) is 2.74. The van der Waals surface area contributed by atoms with Gasteiger partial charge in [0, 0.05) is 18.5 Å². The second kappa shape index (κ2) is 6.36. The van der Waals surface area contributed by atoms with Gasteiger partial charge in [-0.05, 0) is 29.3 Å². The number of hydrogen-bond acceptors (Lipinski definition) is 3. The van der Waals surface area contributed by atoms with Crippen LogP contribution in [0, 0.1) is 0 Å². The molecule has 0 amide bonds. The van der Waals surface area contributed by atoms with Gasteiger partial charge in [-0.1, -0.05) is 6.92 Å². The van der Waals surface area contributed by atoms with Crippen molar-refractivity contribution in [3.8, 4) is 0 Å². The number of halogens is 4. The second-order valence-corrected chi connectivity index (χ2v) is 4.92. The molecule has 0 fully saturated rings. The summed E-state index contributed by atoms with van der Waals surface area (Å²) in [6.07, 6.45) is -3.49. The summed E-state index contributed by atoms with van der Waals surface area (Å²) in [6, 6.07) is 0.854. The SMILES string of the molecule is CCCc1nc(Br)cc(NC(C)CC(F)(F)F)n1. The van der Waals surface area contributed by atoms with E-state index in [-0.39, 0.29) is 0 Å². The van der Waals surface area contributed by atoms with E-state index in [0.717, 1.165) is 6.42 Å². The van der Waals surface area contributed by atoms with Gasteiger partial charge >= 0.3 is 6.18 Å². The van der Waals surface area contributed by atoms with E-state index in [9.17, 15) is 13.2 Å². The van der Waals surface area contributed by atoms with Crippen molar-refractivity contribution in [1.29, 1.82) is 0 Å². The van der Waals surface area contributed by atoms with Crippen LogP contribution in [0.1, 0.15) is 32.5 Å². The molecule has 0 aliphatic heterocycles. The fraction of sp³-hybridized carbons (Fsp3) is 0.636. The average molecular weight is 326 g/mol. The number of aromatic nitrogens is 2. The Labute approximate surface area is 112 Å². The van der Waals surface area contributed by atoms with Crippen molar-refractivity contribution in [1.82, 2.24) is 9.97 Å². The van der Waals surface area contributed by atoms with Gasteiger partial charge in [0.15, 0.2) is 0 Å². The van der Waals surface area contributed by atoms with E-state index in [4.69, 9.17) is 0 Å². The van der Waals surface area contributed by atoms with Crippen LogP contribution < -0.4 is 5.32 Å². The molecule has 18 heavy (non-hydrogen) atoms. The van der Waals surface area contributed by atoms with Crippen molar-refractivity contribution in [3.05, 3.63) is 16.5 Å². The van der Waals surface area contributed by atoms with Crippen molar-refractivity contribution < 1.29 is 13.2 Å². The highest BCUT2D eigenvalue weighted by molar-refractivity contribution is 9.10. The molecular formula is C11H15BrF3N3. The van der Waals surface area contributed by atoms with E-state index in [2.05, 4.69) is 31.2 Å². The van der Waals surface area contributed by atoms with Crippen LogP contribution in [-0.4, -0.2) is 22.2 Å². The summed E-state index contributed by atoms with van der Waals surface area (Å²) >= 11 is 3.22. The highest BCUT2D eigenvalue weighted by atomic mass is 79.9. The molecule has 0 radical (unpaired) electrons. The fourth-order valence-corrected chi connectivity index (χ4v) is 1.95. The maximum Gasteiger partial charge on any atom is 0.391 e. The van der Waals surface area contributed by atoms with Gasteiger partial charge in [0.25, 0.3) is 0 Å². The van der Waals surface area contributed by atoms with Crippen LogP contribution in [0.3, 0.4) is 0 Å². The Morgan fingerprint density at radius 2 is 2.06 bits per heavy atom. The summed E-state index contributed by atoms with van der Waals surface area (Å²) < 4.78 is 37.2. The number of anilines is 1. The van der Waals surface area contributed by atoms with Gasteiger partial charge in [-0.15, -0.1) is 0 Å². The standard InChI is InChI=1S/C11H15BrF3N3/c1-3-4-9-17-8(12)5-10(18-9)16-7(2)6-11(13,14)15/h5,7H,3-4,6H2,1-2H3,(H,16,17,18). The highest BCUT2D eigenvalue weighted by Gasteiger charge is 2.30. The average Bonchev–Trinajstić information content (AvgIpc) is 2.12. The molecule has 1 aromatic heterocycles. The van der Waals surface area contributed by atoms with Gasteiger partial charge in [0.2, 0.25) is 0 Å². The molecule has 0 spiro atoms. The van der Waals surface area contributed by atoms with Gasteiger partial charge in [0.1, 0.15) is 16.2 Å². The van der Waals surface area contributed by atoms with Gasteiger partial charge in [-0.2, -0.15) is 13.2 Å². The van der Waals surface area contributed by atoms with Crippen LogP contribution >= 0.6 is 15.9 Å². The fourth-order valence-electron chi connectivity index (χ4n) is 1.52. The zero-order chi connectivity index (χ0) is 13.8. The summed E-state index contributed by atoms with van der Waals surface area (Å²) in [5.74, 6) is 1.03. The van der Waals surface area contributed by atoms with Crippen LogP contribution in [0.4, 0.5) is 19.0 Å². The molecular weight excluding hydrogens is 311 g/mol. The lowest BCUT2D eigenvalue weighted by Crippen LogP contribution is -2.24. The van der Waals surface area contributed by atoms with Crippen molar-refractivity contribution in [2.45, 2.75) is 45.3 Å². The van der Waals surface area contributed by atoms with Crippen molar-refractivity contribution >= 4 is 21.7 Å². The third-order valence-corrected chi connectivity index (χ3v) is 2.55. The Kier molecular flexibility index (Phi) is 5.37. The first-order valence-electron chi connectivity index (χ1n) is 5.67. The second-order valence-electron chi connectivity index (χ2n) is 4.11. The number of nitrogens with one attached hydrogen (secondary N) is 1. The summed E-state index contributed by atoms with van der Waals surface area (Å²) in [7, 11) is 0. The number of aryl methyl sites for hydroxylation is 1. The Hall–Kier alpha value is -0.850. The third kappa shape index (κ3) is 5.66. The minimum Gasteiger partial charge on any atom is -0.367 e. The highest BCUT2D eigenvalue weighted by Crippen LogP contribution is 2.23. The Balaban J connectivity index is 2.71. The predicted octanol–water partition coefficient (Wildman–Crippen LogP) is 3.94. The molecule has 3 nitrogen and oxygen atoms in total. The quantitative estimate of drug-likeness (QED) is 0.833. The molecule has 1 rings (SSSR count). The summed E-state index contributed by atoms with van der Waals surface area (Å²) in [6.45, 7) is 3.46. The van der Waals surface area contributed by atoms with Gasteiger partial charge in [-0.3, -0.25) is 0 Å². The summed E-state index contributed by atoms with van der Waals surface area (Å²) in [4.78, 5) is 8.32. The molecule has 102 valence electrons. The minimum absolute atomic E-state index is 0.414. The van der Waals surface area contributed by atoms with Crippen LogP contribution in [-0.2, 0) is 6.42 Å². The lowest BCUT2D eigenvalue weighted by molar-refractivity contribution is -0.136. The monoisotopic (exact) mass is 325 g/mol. The first kappa shape index (κ1) is 15.2. The normalized spacial score (nSPS) is 13.4. The third-order valence-electron chi connectivity index (χ3n) is 2.15. The van der Waals surface area contributed by atoms with Crippen molar-refractivity contribution in [2.24, 2.45) is 0 Å². The van der Waals surface area contributed by atoms with E-state index in [0.29, 0.717) is 22.7 Å². The van der Waals surface area contributed by atoms with Gasteiger partial charge in [0.05, 0.1) is 6.42 Å². The van der Waals surface area contributed by atoms with Gasteiger partial charge in [-0.25, -0.2) is 9.97 Å². The number of alkyl halides is 3. The molecule has 0 saturated carbocycles. The number of nitrogens with zero attached hydrogens (tertiary/aromatic N) is 2. The van der Waals surface area contributed by atoms with Crippen LogP contribution in [0.25, 0.3) is 0 Å². The lowest BCUT2D eigenvalue weighted by atomic mass is 10.2.